The molecular formula is C24H27NO4. The average molecular weight is 393 g/mol. The van der Waals surface area contributed by atoms with Crippen LogP contribution >= 0.6 is 0 Å². The summed E-state index contributed by atoms with van der Waals surface area (Å²) in [5.41, 5.74) is 1.51. The van der Waals surface area contributed by atoms with Crippen molar-refractivity contribution in [3.05, 3.63) is 59.7 Å². The van der Waals surface area contributed by atoms with Gasteiger partial charge in [-0.2, -0.15) is 0 Å². The SMILES string of the molecule is C[C@@H](OC(=O)C1c2ccccc2Oc2ccccc21)C(=O)NCC1CCCCC1. The molecule has 4 rings (SSSR count). The molecule has 1 aliphatic heterocycles. The fraction of sp³-hybridized carbons (Fsp3) is 0.417. The first-order valence-corrected chi connectivity index (χ1v) is 10.5. The summed E-state index contributed by atoms with van der Waals surface area (Å²) in [7, 11) is 0. The molecule has 29 heavy (non-hydrogen) atoms. The first kappa shape index (κ1) is 19.5. The van der Waals surface area contributed by atoms with Crippen LogP contribution in [-0.2, 0) is 14.3 Å². The number of rotatable bonds is 5. The van der Waals surface area contributed by atoms with Crippen LogP contribution in [0.15, 0.2) is 48.5 Å². The number of ether oxygens (including phenoxy) is 2. The predicted molar refractivity (Wildman–Crippen MR) is 110 cm³/mol. The van der Waals surface area contributed by atoms with Gasteiger partial charge in [-0.15, -0.1) is 0 Å². The molecule has 0 unspecified atom stereocenters. The molecule has 0 radical (unpaired) electrons. The standard InChI is InChI=1S/C24H27NO4/c1-16(23(26)25-15-17-9-3-2-4-10-17)28-24(27)22-18-11-5-7-13-20(18)29-21-14-8-6-12-19(21)22/h5-8,11-14,16-17,22H,2-4,9-10,15H2,1H3,(H,25,26)/t16-/m1/s1. The quantitative estimate of drug-likeness (QED) is 0.757. The highest BCUT2D eigenvalue weighted by Gasteiger charge is 2.35. The summed E-state index contributed by atoms with van der Waals surface area (Å²) < 4.78 is 11.5. The van der Waals surface area contributed by atoms with Gasteiger partial charge in [0.25, 0.3) is 5.91 Å². The van der Waals surface area contributed by atoms with E-state index in [1.165, 1.54) is 19.3 Å². The Morgan fingerprint density at radius 3 is 2.21 bits per heavy atom. The molecule has 5 nitrogen and oxygen atoms in total. The van der Waals surface area contributed by atoms with E-state index in [0.717, 1.165) is 24.0 Å². The first-order valence-electron chi connectivity index (χ1n) is 10.5. The van der Waals surface area contributed by atoms with Crippen LogP contribution in [0.25, 0.3) is 0 Å². The molecule has 0 aromatic heterocycles. The van der Waals surface area contributed by atoms with Gasteiger partial charge in [-0.25, -0.2) is 0 Å². The highest BCUT2D eigenvalue weighted by Crippen LogP contribution is 2.44. The van der Waals surface area contributed by atoms with Crippen molar-refractivity contribution in [3.63, 3.8) is 0 Å². The Morgan fingerprint density at radius 1 is 1.00 bits per heavy atom. The van der Waals surface area contributed by atoms with Crippen molar-refractivity contribution in [1.82, 2.24) is 5.32 Å². The van der Waals surface area contributed by atoms with E-state index in [-0.39, 0.29) is 5.91 Å². The van der Waals surface area contributed by atoms with E-state index in [2.05, 4.69) is 5.32 Å². The van der Waals surface area contributed by atoms with E-state index < -0.39 is 18.0 Å². The summed E-state index contributed by atoms with van der Waals surface area (Å²) in [4.78, 5) is 25.6. The Kier molecular flexibility index (Phi) is 5.84. The predicted octanol–water partition coefficient (Wildman–Crippen LogP) is 4.55. The molecule has 1 atom stereocenters. The third kappa shape index (κ3) is 4.29. The maximum atomic E-state index is 13.1. The van der Waals surface area contributed by atoms with Crippen LogP contribution in [0.3, 0.4) is 0 Å². The Balaban J connectivity index is 1.44. The number of nitrogens with one attached hydrogen (secondary N) is 1. The zero-order chi connectivity index (χ0) is 20.2. The van der Waals surface area contributed by atoms with Crippen molar-refractivity contribution < 1.29 is 19.1 Å². The van der Waals surface area contributed by atoms with E-state index in [0.29, 0.717) is 24.0 Å². The molecule has 5 heteroatoms. The number of amides is 1. The van der Waals surface area contributed by atoms with Gasteiger partial charge in [-0.3, -0.25) is 9.59 Å². The van der Waals surface area contributed by atoms with Crippen LogP contribution < -0.4 is 10.1 Å². The summed E-state index contributed by atoms with van der Waals surface area (Å²) >= 11 is 0. The molecule has 1 saturated carbocycles. The van der Waals surface area contributed by atoms with Crippen molar-refractivity contribution >= 4 is 11.9 Å². The van der Waals surface area contributed by atoms with E-state index in [1.54, 1.807) is 6.92 Å². The maximum Gasteiger partial charge on any atom is 0.318 e. The second-order valence-corrected chi connectivity index (χ2v) is 7.94. The molecular weight excluding hydrogens is 366 g/mol. The molecule has 2 aliphatic rings. The lowest BCUT2D eigenvalue weighted by molar-refractivity contribution is -0.155. The van der Waals surface area contributed by atoms with Gasteiger partial charge in [0, 0.05) is 17.7 Å². The van der Waals surface area contributed by atoms with Gasteiger partial charge < -0.3 is 14.8 Å². The van der Waals surface area contributed by atoms with Crippen LogP contribution in [0.2, 0.25) is 0 Å². The van der Waals surface area contributed by atoms with Crippen LogP contribution in [-0.4, -0.2) is 24.5 Å². The number of para-hydroxylation sites is 2. The van der Waals surface area contributed by atoms with Crippen LogP contribution in [0.5, 0.6) is 11.5 Å². The molecule has 0 bridgehead atoms. The van der Waals surface area contributed by atoms with Gasteiger partial charge in [0.05, 0.1) is 0 Å². The van der Waals surface area contributed by atoms with Crippen molar-refractivity contribution in [2.45, 2.75) is 51.0 Å². The van der Waals surface area contributed by atoms with Crippen molar-refractivity contribution in [3.8, 4) is 11.5 Å². The Labute approximate surface area is 171 Å². The molecule has 1 N–H and O–H groups in total. The second-order valence-electron chi connectivity index (χ2n) is 7.94. The van der Waals surface area contributed by atoms with Gasteiger partial charge in [0.2, 0.25) is 0 Å². The molecule has 1 fully saturated rings. The molecule has 1 aliphatic carbocycles. The minimum Gasteiger partial charge on any atom is -0.457 e. The Hall–Kier alpha value is -2.82. The van der Waals surface area contributed by atoms with Crippen molar-refractivity contribution in [1.29, 1.82) is 0 Å². The number of hydrogen-bond donors (Lipinski definition) is 1. The van der Waals surface area contributed by atoms with Crippen molar-refractivity contribution in [2.75, 3.05) is 6.54 Å². The summed E-state index contributed by atoms with van der Waals surface area (Å²) in [5, 5.41) is 2.96. The molecule has 0 spiro atoms. The van der Waals surface area contributed by atoms with Crippen LogP contribution in [0.1, 0.15) is 56.1 Å². The molecule has 0 saturated heterocycles. The average Bonchev–Trinajstić information content (AvgIpc) is 2.76. The normalized spacial score (nSPS) is 17.4. The zero-order valence-electron chi connectivity index (χ0n) is 16.7. The fourth-order valence-electron chi connectivity index (χ4n) is 4.24. The number of benzene rings is 2. The molecule has 1 heterocycles. The fourth-order valence-corrected chi connectivity index (χ4v) is 4.24. The minimum absolute atomic E-state index is 0.238. The van der Waals surface area contributed by atoms with E-state index in [1.807, 2.05) is 48.5 Å². The van der Waals surface area contributed by atoms with E-state index in [9.17, 15) is 9.59 Å². The number of carbonyl (C=O) groups excluding carboxylic acids is 2. The summed E-state index contributed by atoms with van der Waals surface area (Å²) in [5.74, 6) is 0.533. The van der Waals surface area contributed by atoms with Crippen LogP contribution in [0, 0.1) is 5.92 Å². The van der Waals surface area contributed by atoms with Crippen molar-refractivity contribution in [2.24, 2.45) is 5.92 Å². The number of carbonyl (C=O) groups is 2. The molecule has 1 amide bonds. The van der Waals surface area contributed by atoms with E-state index >= 15 is 0 Å². The third-order valence-electron chi connectivity index (χ3n) is 5.87. The van der Waals surface area contributed by atoms with Gasteiger partial charge in [0.1, 0.15) is 17.4 Å². The monoisotopic (exact) mass is 393 g/mol. The zero-order valence-corrected chi connectivity index (χ0v) is 16.7. The Morgan fingerprint density at radius 2 is 1.59 bits per heavy atom. The van der Waals surface area contributed by atoms with Gasteiger partial charge in [-0.05, 0) is 37.8 Å². The van der Waals surface area contributed by atoms with Crippen LogP contribution in [0.4, 0.5) is 0 Å². The summed E-state index contributed by atoms with van der Waals surface area (Å²) in [6.07, 6.45) is 5.22. The Bertz CT molecular complexity index is 842. The lowest BCUT2D eigenvalue weighted by Crippen LogP contribution is -2.39. The number of hydrogen-bond acceptors (Lipinski definition) is 4. The lowest BCUT2D eigenvalue weighted by atomic mass is 9.88. The second kappa shape index (κ2) is 8.68. The largest absolute Gasteiger partial charge is 0.457 e. The van der Waals surface area contributed by atoms with E-state index in [4.69, 9.17) is 9.47 Å². The first-order chi connectivity index (χ1) is 14.1. The summed E-state index contributed by atoms with van der Waals surface area (Å²) in [6.45, 7) is 2.29. The van der Waals surface area contributed by atoms with Gasteiger partial charge >= 0.3 is 5.97 Å². The smallest absolute Gasteiger partial charge is 0.318 e. The lowest BCUT2D eigenvalue weighted by Gasteiger charge is -2.28. The highest BCUT2D eigenvalue weighted by atomic mass is 16.5. The molecule has 2 aromatic rings. The maximum absolute atomic E-state index is 13.1. The topological polar surface area (TPSA) is 64.6 Å². The van der Waals surface area contributed by atoms with Gasteiger partial charge in [-0.1, -0.05) is 55.7 Å². The number of fused-ring (bicyclic) bond motifs is 2. The minimum atomic E-state index is -0.840. The third-order valence-corrected chi connectivity index (χ3v) is 5.87. The molecule has 152 valence electrons. The molecule has 2 aromatic carbocycles. The number of esters is 1. The highest BCUT2D eigenvalue weighted by molar-refractivity contribution is 5.89. The van der Waals surface area contributed by atoms with Gasteiger partial charge in [0.15, 0.2) is 6.10 Å². The summed E-state index contributed by atoms with van der Waals surface area (Å²) in [6, 6.07) is 14.9.